The van der Waals surface area contributed by atoms with Gasteiger partial charge in [-0.15, -0.1) is 0 Å². The molecule has 1 heterocycles. The average Bonchev–Trinajstić information content (AvgIpc) is 2.38. The van der Waals surface area contributed by atoms with Crippen molar-refractivity contribution < 1.29 is 9.18 Å². The van der Waals surface area contributed by atoms with Gasteiger partial charge in [0.25, 0.3) is 5.91 Å². The summed E-state index contributed by atoms with van der Waals surface area (Å²) in [7, 11) is 0. The molecule has 0 atom stereocenters. The topological polar surface area (TPSA) is 42.0 Å². The third-order valence-corrected chi connectivity index (χ3v) is 3.60. The first-order valence-electron chi connectivity index (χ1n) is 5.82. The minimum Gasteiger partial charge on any atom is -0.348 e. The molecular weight excluding hydrogens is 347 g/mol. The number of nitrogens with one attached hydrogen (secondary N) is 1. The van der Waals surface area contributed by atoms with E-state index in [4.69, 9.17) is 11.6 Å². The van der Waals surface area contributed by atoms with E-state index in [-0.39, 0.29) is 23.4 Å². The van der Waals surface area contributed by atoms with Gasteiger partial charge in [-0.2, -0.15) is 0 Å². The van der Waals surface area contributed by atoms with Crippen LogP contribution in [-0.4, -0.2) is 10.9 Å². The highest BCUT2D eigenvalue weighted by Gasteiger charge is 2.09. The molecule has 0 fully saturated rings. The minimum atomic E-state index is -0.347. The number of hydrogen-bond acceptors (Lipinski definition) is 2. The van der Waals surface area contributed by atoms with E-state index < -0.39 is 0 Å². The van der Waals surface area contributed by atoms with Gasteiger partial charge in [-0.05, 0) is 42.8 Å². The van der Waals surface area contributed by atoms with Crippen LogP contribution in [0.5, 0.6) is 0 Å². The highest BCUT2D eigenvalue weighted by molar-refractivity contribution is 9.10. The van der Waals surface area contributed by atoms with E-state index in [2.05, 4.69) is 26.2 Å². The van der Waals surface area contributed by atoms with Crippen LogP contribution in [0.1, 0.15) is 21.6 Å². The van der Waals surface area contributed by atoms with Gasteiger partial charge >= 0.3 is 0 Å². The fourth-order valence-corrected chi connectivity index (χ4v) is 2.35. The van der Waals surface area contributed by atoms with E-state index in [9.17, 15) is 9.18 Å². The van der Waals surface area contributed by atoms with Gasteiger partial charge < -0.3 is 5.32 Å². The second kappa shape index (κ2) is 6.33. The van der Waals surface area contributed by atoms with Crippen LogP contribution in [0, 0.1) is 12.7 Å². The smallest absolute Gasteiger partial charge is 0.251 e. The van der Waals surface area contributed by atoms with Crippen molar-refractivity contribution in [2.24, 2.45) is 0 Å². The van der Waals surface area contributed by atoms with Gasteiger partial charge in [0.15, 0.2) is 0 Å². The molecule has 20 heavy (non-hydrogen) atoms. The lowest BCUT2D eigenvalue weighted by molar-refractivity contribution is 0.0950. The second-order valence-electron chi connectivity index (χ2n) is 4.24. The summed E-state index contributed by atoms with van der Waals surface area (Å²) in [5.74, 6) is -0.631. The number of aryl methyl sites for hydroxylation is 1. The van der Waals surface area contributed by atoms with E-state index in [0.29, 0.717) is 16.8 Å². The highest BCUT2D eigenvalue weighted by atomic mass is 79.9. The van der Waals surface area contributed by atoms with Crippen LogP contribution in [0.3, 0.4) is 0 Å². The van der Waals surface area contributed by atoms with Gasteiger partial charge in [0.1, 0.15) is 11.0 Å². The van der Waals surface area contributed by atoms with Crippen molar-refractivity contribution in [3.05, 3.63) is 62.6 Å². The number of rotatable bonds is 3. The molecule has 104 valence electrons. The molecule has 1 aromatic heterocycles. The Morgan fingerprint density at radius 2 is 2.15 bits per heavy atom. The molecule has 6 heteroatoms. The Balaban J connectivity index is 2.10. The van der Waals surface area contributed by atoms with Gasteiger partial charge in [-0.3, -0.25) is 4.79 Å². The zero-order valence-electron chi connectivity index (χ0n) is 10.6. The Kier molecular flexibility index (Phi) is 4.73. The lowest BCUT2D eigenvalue weighted by Crippen LogP contribution is -2.23. The Labute approximate surface area is 129 Å². The summed E-state index contributed by atoms with van der Waals surface area (Å²) >= 11 is 9.12. The Morgan fingerprint density at radius 1 is 1.40 bits per heavy atom. The minimum absolute atomic E-state index is 0.218. The van der Waals surface area contributed by atoms with Crippen LogP contribution in [0.2, 0.25) is 5.15 Å². The molecule has 1 amide bonds. The average molecular weight is 358 g/mol. The van der Waals surface area contributed by atoms with Crippen molar-refractivity contribution in [2.75, 3.05) is 0 Å². The number of benzene rings is 1. The first-order valence-corrected chi connectivity index (χ1v) is 6.99. The standard InChI is InChI=1S/C14H11BrClFN2O/c1-8-4-9(6-13(16)19-8)14(20)18-7-10-5-11(17)2-3-12(10)15/h2-6H,7H2,1H3,(H,18,20). The summed E-state index contributed by atoms with van der Waals surface area (Å²) in [6.07, 6.45) is 0. The Hall–Kier alpha value is -1.46. The summed E-state index contributed by atoms with van der Waals surface area (Å²) in [4.78, 5) is 16.0. The van der Waals surface area contributed by atoms with Gasteiger partial charge in [-0.25, -0.2) is 9.37 Å². The molecule has 0 aliphatic heterocycles. The summed E-state index contributed by atoms with van der Waals surface area (Å²) in [6, 6.07) is 7.45. The second-order valence-corrected chi connectivity index (χ2v) is 5.48. The van der Waals surface area contributed by atoms with E-state index in [1.807, 2.05) is 0 Å². The molecule has 0 unspecified atom stereocenters. The zero-order valence-corrected chi connectivity index (χ0v) is 12.9. The van der Waals surface area contributed by atoms with Crippen molar-refractivity contribution in [1.82, 2.24) is 10.3 Å². The first kappa shape index (κ1) is 14.9. The van der Waals surface area contributed by atoms with E-state index >= 15 is 0 Å². The van der Waals surface area contributed by atoms with Crippen LogP contribution in [0.25, 0.3) is 0 Å². The quantitative estimate of drug-likeness (QED) is 0.847. The highest BCUT2D eigenvalue weighted by Crippen LogP contribution is 2.18. The fraction of sp³-hybridized carbons (Fsp3) is 0.143. The number of nitrogens with zero attached hydrogens (tertiary/aromatic N) is 1. The Bertz CT molecular complexity index is 643. The van der Waals surface area contributed by atoms with Crippen molar-refractivity contribution in [3.8, 4) is 0 Å². The van der Waals surface area contributed by atoms with Crippen molar-refractivity contribution >= 4 is 33.4 Å². The van der Waals surface area contributed by atoms with Crippen LogP contribution in [0.15, 0.2) is 34.8 Å². The molecule has 0 saturated carbocycles. The molecule has 0 saturated heterocycles. The lowest BCUT2D eigenvalue weighted by atomic mass is 10.2. The van der Waals surface area contributed by atoms with Crippen molar-refractivity contribution in [3.63, 3.8) is 0 Å². The SMILES string of the molecule is Cc1cc(C(=O)NCc2cc(F)ccc2Br)cc(Cl)n1. The maximum Gasteiger partial charge on any atom is 0.251 e. The van der Waals surface area contributed by atoms with Crippen molar-refractivity contribution in [2.45, 2.75) is 13.5 Å². The number of halogens is 3. The van der Waals surface area contributed by atoms with Crippen LogP contribution < -0.4 is 5.32 Å². The molecule has 2 rings (SSSR count). The van der Waals surface area contributed by atoms with Crippen LogP contribution in [0.4, 0.5) is 4.39 Å². The first-order chi connectivity index (χ1) is 9.45. The molecular formula is C14H11BrClFN2O. The third kappa shape index (κ3) is 3.77. The largest absolute Gasteiger partial charge is 0.348 e. The maximum atomic E-state index is 13.1. The number of carbonyl (C=O) groups is 1. The van der Waals surface area contributed by atoms with E-state index in [1.165, 1.54) is 18.2 Å². The predicted octanol–water partition coefficient (Wildman–Crippen LogP) is 3.88. The number of aromatic nitrogens is 1. The van der Waals surface area contributed by atoms with Gasteiger partial charge in [0, 0.05) is 22.3 Å². The number of pyridine rings is 1. The number of carbonyl (C=O) groups excluding carboxylic acids is 1. The molecule has 1 N–H and O–H groups in total. The predicted molar refractivity (Wildman–Crippen MR) is 79.3 cm³/mol. The van der Waals surface area contributed by atoms with Gasteiger partial charge in [0.05, 0.1) is 0 Å². The van der Waals surface area contributed by atoms with Crippen molar-refractivity contribution in [1.29, 1.82) is 0 Å². The molecule has 0 spiro atoms. The third-order valence-electron chi connectivity index (χ3n) is 2.63. The number of amides is 1. The van der Waals surface area contributed by atoms with E-state index in [0.717, 1.165) is 4.47 Å². The van der Waals surface area contributed by atoms with Gasteiger partial charge in [0.2, 0.25) is 0 Å². The molecule has 0 bridgehead atoms. The molecule has 0 radical (unpaired) electrons. The lowest BCUT2D eigenvalue weighted by Gasteiger charge is -2.08. The zero-order chi connectivity index (χ0) is 14.7. The Morgan fingerprint density at radius 3 is 2.85 bits per heavy atom. The molecule has 0 aliphatic rings. The summed E-state index contributed by atoms with van der Waals surface area (Å²) in [6.45, 7) is 1.97. The number of hydrogen-bond donors (Lipinski definition) is 1. The molecule has 3 nitrogen and oxygen atoms in total. The fourth-order valence-electron chi connectivity index (χ4n) is 1.72. The van der Waals surface area contributed by atoms with E-state index in [1.54, 1.807) is 19.1 Å². The maximum absolute atomic E-state index is 13.1. The van der Waals surface area contributed by atoms with Gasteiger partial charge in [-0.1, -0.05) is 27.5 Å². The molecule has 2 aromatic rings. The monoisotopic (exact) mass is 356 g/mol. The summed E-state index contributed by atoms with van der Waals surface area (Å²) < 4.78 is 13.9. The molecule has 1 aromatic carbocycles. The van der Waals surface area contributed by atoms with Crippen LogP contribution >= 0.6 is 27.5 Å². The van der Waals surface area contributed by atoms with Crippen LogP contribution in [-0.2, 0) is 6.54 Å². The normalized spacial score (nSPS) is 10.4. The summed E-state index contributed by atoms with van der Waals surface area (Å²) in [5, 5.41) is 2.98. The molecule has 0 aliphatic carbocycles. The summed E-state index contributed by atoms with van der Waals surface area (Å²) in [5.41, 5.74) is 1.75.